The highest BCUT2D eigenvalue weighted by atomic mass is 16.5. The van der Waals surface area contributed by atoms with Crippen LogP contribution in [0.2, 0.25) is 0 Å². The van der Waals surface area contributed by atoms with E-state index in [9.17, 15) is 0 Å². The third-order valence-corrected chi connectivity index (χ3v) is 2.35. The molecule has 6 nitrogen and oxygen atoms in total. The maximum Gasteiger partial charge on any atom is 0.163 e. The third-order valence-electron chi connectivity index (χ3n) is 2.35. The van der Waals surface area contributed by atoms with E-state index in [1.54, 1.807) is 20.5 Å². The number of aryl methyl sites for hydroxylation is 1. The van der Waals surface area contributed by atoms with Crippen molar-refractivity contribution in [2.75, 3.05) is 14.2 Å². The Hall–Kier alpha value is -2.08. The van der Waals surface area contributed by atoms with Crippen molar-refractivity contribution in [3.05, 3.63) is 24.5 Å². The van der Waals surface area contributed by atoms with Gasteiger partial charge in [0.15, 0.2) is 17.3 Å². The molecule has 0 unspecified atom stereocenters. The summed E-state index contributed by atoms with van der Waals surface area (Å²) in [4.78, 5) is 0. The average Bonchev–Trinajstić information content (AvgIpc) is 2.74. The van der Waals surface area contributed by atoms with Crippen LogP contribution >= 0.6 is 0 Å². The van der Waals surface area contributed by atoms with Crippen molar-refractivity contribution < 1.29 is 14.9 Å². The van der Waals surface area contributed by atoms with E-state index in [0.717, 1.165) is 11.4 Å². The SMILES string of the molecule is COc1ccc(-c2nncn2C)cc1OC.O. The van der Waals surface area contributed by atoms with Crippen LogP contribution in [0.15, 0.2) is 24.5 Å². The van der Waals surface area contributed by atoms with E-state index in [4.69, 9.17) is 9.47 Å². The number of nitrogens with zero attached hydrogens (tertiary/aromatic N) is 3. The molecule has 17 heavy (non-hydrogen) atoms. The Kier molecular flexibility index (Phi) is 4.06. The summed E-state index contributed by atoms with van der Waals surface area (Å²) >= 11 is 0. The minimum absolute atomic E-state index is 0. The van der Waals surface area contributed by atoms with Gasteiger partial charge in [-0.2, -0.15) is 0 Å². The summed E-state index contributed by atoms with van der Waals surface area (Å²) in [6, 6.07) is 5.65. The maximum absolute atomic E-state index is 5.23. The highest BCUT2D eigenvalue weighted by Crippen LogP contribution is 2.31. The summed E-state index contributed by atoms with van der Waals surface area (Å²) in [6.45, 7) is 0. The van der Waals surface area contributed by atoms with E-state index in [0.29, 0.717) is 11.5 Å². The molecule has 2 rings (SSSR count). The fourth-order valence-electron chi connectivity index (χ4n) is 1.52. The minimum atomic E-state index is 0. The summed E-state index contributed by atoms with van der Waals surface area (Å²) < 4.78 is 12.3. The first-order valence-electron chi connectivity index (χ1n) is 4.82. The lowest BCUT2D eigenvalue weighted by atomic mass is 10.2. The van der Waals surface area contributed by atoms with Crippen LogP contribution in [-0.4, -0.2) is 34.5 Å². The van der Waals surface area contributed by atoms with E-state index in [1.807, 2.05) is 29.8 Å². The average molecular weight is 237 g/mol. The van der Waals surface area contributed by atoms with Crippen molar-refractivity contribution in [1.82, 2.24) is 14.8 Å². The highest BCUT2D eigenvalue weighted by Gasteiger charge is 2.09. The molecule has 0 spiro atoms. The molecule has 1 aromatic heterocycles. The van der Waals surface area contributed by atoms with Crippen LogP contribution in [0.5, 0.6) is 11.5 Å². The first kappa shape index (κ1) is 13.0. The molecule has 2 aromatic rings. The molecule has 0 aliphatic rings. The number of rotatable bonds is 3. The summed E-state index contributed by atoms with van der Waals surface area (Å²) in [5.74, 6) is 2.18. The third kappa shape index (κ3) is 2.36. The summed E-state index contributed by atoms with van der Waals surface area (Å²) in [5, 5.41) is 7.87. The standard InChI is InChI=1S/C11H13N3O2.H2O/c1-14-7-12-13-11(14)8-4-5-9(15-2)10(6-8)16-3;/h4-7H,1-3H3;1H2. The normalized spacial score (nSPS) is 9.59. The van der Waals surface area contributed by atoms with Crippen molar-refractivity contribution in [3.63, 3.8) is 0 Å². The second-order valence-electron chi connectivity index (χ2n) is 3.34. The molecular weight excluding hydrogens is 222 g/mol. The Bertz CT molecular complexity index is 496. The van der Waals surface area contributed by atoms with Gasteiger partial charge in [-0.15, -0.1) is 10.2 Å². The molecule has 0 atom stereocenters. The Balaban J connectivity index is 0.00000144. The molecule has 2 N–H and O–H groups in total. The van der Waals surface area contributed by atoms with Gasteiger partial charge in [-0.3, -0.25) is 0 Å². The van der Waals surface area contributed by atoms with Gasteiger partial charge in [0.25, 0.3) is 0 Å². The summed E-state index contributed by atoms with van der Waals surface area (Å²) in [7, 11) is 5.12. The molecule has 0 fully saturated rings. The van der Waals surface area contributed by atoms with Crippen LogP contribution in [0.3, 0.4) is 0 Å². The fourth-order valence-corrected chi connectivity index (χ4v) is 1.52. The molecule has 0 radical (unpaired) electrons. The summed E-state index contributed by atoms with van der Waals surface area (Å²) in [6.07, 6.45) is 1.66. The minimum Gasteiger partial charge on any atom is -0.493 e. The largest absolute Gasteiger partial charge is 0.493 e. The summed E-state index contributed by atoms with van der Waals surface area (Å²) in [5.41, 5.74) is 0.942. The van der Waals surface area contributed by atoms with Crippen molar-refractivity contribution in [1.29, 1.82) is 0 Å². The van der Waals surface area contributed by atoms with Gasteiger partial charge in [0.05, 0.1) is 14.2 Å². The number of ether oxygens (including phenoxy) is 2. The molecular formula is C11H15N3O3. The molecule has 0 saturated heterocycles. The fraction of sp³-hybridized carbons (Fsp3) is 0.273. The monoisotopic (exact) mass is 237 g/mol. The van der Waals surface area contributed by atoms with Crippen molar-refractivity contribution >= 4 is 0 Å². The second kappa shape index (κ2) is 5.31. The molecule has 6 heteroatoms. The number of aromatic nitrogens is 3. The zero-order valence-electron chi connectivity index (χ0n) is 9.97. The number of methoxy groups -OCH3 is 2. The number of benzene rings is 1. The number of hydrogen-bond acceptors (Lipinski definition) is 4. The van der Waals surface area contributed by atoms with Crippen LogP contribution in [0.4, 0.5) is 0 Å². The quantitative estimate of drug-likeness (QED) is 0.785. The lowest BCUT2D eigenvalue weighted by Gasteiger charge is -2.08. The van der Waals surface area contributed by atoms with Gasteiger partial charge < -0.3 is 19.5 Å². The maximum atomic E-state index is 5.23. The lowest BCUT2D eigenvalue weighted by Crippen LogP contribution is -1.94. The predicted octanol–water partition coefficient (Wildman–Crippen LogP) is 0.675. The number of hydrogen-bond donors (Lipinski definition) is 0. The van der Waals surface area contributed by atoms with Gasteiger partial charge in [0.2, 0.25) is 0 Å². The molecule has 1 heterocycles. The zero-order valence-corrected chi connectivity index (χ0v) is 9.97. The molecule has 0 bridgehead atoms. The molecule has 0 amide bonds. The second-order valence-corrected chi connectivity index (χ2v) is 3.34. The molecule has 1 aromatic carbocycles. The van der Waals surface area contributed by atoms with E-state index in [-0.39, 0.29) is 5.48 Å². The highest BCUT2D eigenvalue weighted by molar-refractivity contribution is 5.61. The van der Waals surface area contributed by atoms with Crippen molar-refractivity contribution in [2.24, 2.45) is 7.05 Å². The Labute approximate surface area is 99.1 Å². The van der Waals surface area contributed by atoms with Gasteiger partial charge in [-0.1, -0.05) is 0 Å². The zero-order chi connectivity index (χ0) is 11.5. The van der Waals surface area contributed by atoms with Gasteiger partial charge >= 0.3 is 0 Å². The van der Waals surface area contributed by atoms with Crippen LogP contribution in [0.25, 0.3) is 11.4 Å². The van der Waals surface area contributed by atoms with Crippen LogP contribution in [-0.2, 0) is 7.05 Å². The molecule has 0 aliphatic heterocycles. The van der Waals surface area contributed by atoms with E-state index < -0.39 is 0 Å². The Morgan fingerprint density at radius 1 is 1.12 bits per heavy atom. The first-order valence-corrected chi connectivity index (χ1v) is 4.82. The Morgan fingerprint density at radius 2 is 1.82 bits per heavy atom. The van der Waals surface area contributed by atoms with E-state index in [1.165, 1.54) is 0 Å². The van der Waals surface area contributed by atoms with Crippen LogP contribution in [0.1, 0.15) is 0 Å². The van der Waals surface area contributed by atoms with Gasteiger partial charge in [-0.05, 0) is 18.2 Å². The van der Waals surface area contributed by atoms with Crippen LogP contribution < -0.4 is 9.47 Å². The molecule has 0 saturated carbocycles. The van der Waals surface area contributed by atoms with Gasteiger partial charge in [0.1, 0.15) is 6.33 Å². The Morgan fingerprint density at radius 3 is 2.35 bits per heavy atom. The van der Waals surface area contributed by atoms with Gasteiger partial charge in [-0.25, -0.2) is 0 Å². The van der Waals surface area contributed by atoms with E-state index in [2.05, 4.69) is 10.2 Å². The molecule has 92 valence electrons. The van der Waals surface area contributed by atoms with E-state index >= 15 is 0 Å². The van der Waals surface area contributed by atoms with Crippen LogP contribution in [0, 0.1) is 0 Å². The first-order chi connectivity index (χ1) is 7.76. The predicted molar refractivity (Wildman–Crippen MR) is 63.2 cm³/mol. The van der Waals surface area contributed by atoms with Crippen molar-refractivity contribution in [2.45, 2.75) is 0 Å². The van der Waals surface area contributed by atoms with Gasteiger partial charge in [0, 0.05) is 12.6 Å². The molecule has 0 aliphatic carbocycles. The smallest absolute Gasteiger partial charge is 0.163 e. The topological polar surface area (TPSA) is 80.7 Å². The van der Waals surface area contributed by atoms with Crippen molar-refractivity contribution in [3.8, 4) is 22.9 Å². The lowest BCUT2D eigenvalue weighted by molar-refractivity contribution is 0.355.